The molecule has 0 bridgehead atoms. The molecule has 1 atom stereocenters. The fraction of sp³-hybridized carbons (Fsp3) is 0.600. The van der Waals surface area contributed by atoms with E-state index in [9.17, 15) is 0 Å². The molecule has 0 aromatic heterocycles. The molecule has 0 saturated heterocycles. The first-order valence-corrected chi connectivity index (χ1v) is 2.32. The van der Waals surface area contributed by atoms with E-state index in [2.05, 4.69) is 0 Å². The fourth-order valence-corrected chi connectivity index (χ4v) is 0.230. The Hall–Kier alpha value is -0.540. The fourth-order valence-electron chi connectivity index (χ4n) is 0.230. The van der Waals surface area contributed by atoms with Crippen molar-refractivity contribution in [3.05, 3.63) is 11.8 Å². The zero-order chi connectivity index (χ0) is 6.57. The summed E-state index contributed by atoms with van der Waals surface area (Å²) in [7, 11) is 0. The molecule has 0 radical (unpaired) electrons. The van der Waals surface area contributed by atoms with E-state index in [0.717, 1.165) is 6.26 Å². The van der Waals surface area contributed by atoms with E-state index >= 15 is 0 Å². The van der Waals surface area contributed by atoms with Crippen LogP contribution >= 0.6 is 0 Å². The van der Waals surface area contributed by atoms with Gasteiger partial charge in [-0.25, -0.2) is 0 Å². The van der Waals surface area contributed by atoms with Crippen LogP contribution in [0.25, 0.3) is 0 Å². The normalized spacial score (nSPS) is 16.1. The van der Waals surface area contributed by atoms with Crippen molar-refractivity contribution in [1.82, 2.24) is 0 Å². The quantitative estimate of drug-likeness (QED) is 0.440. The van der Waals surface area contributed by atoms with Crippen molar-refractivity contribution in [3.63, 3.8) is 0 Å². The molecule has 0 aliphatic carbocycles. The van der Waals surface area contributed by atoms with Crippen LogP contribution in [-0.4, -0.2) is 28.0 Å². The topological polar surface area (TPSA) is 60.7 Å². The average Bonchev–Trinajstić information content (AvgIpc) is 1.84. The molecule has 0 heterocycles. The molecule has 3 nitrogen and oxygen atoms in total. The van der Waals surface area contributed by atoms with Gasteiger partial charge in [0.15, 0.2) is 0 Å². The molecule has 0 amide bonds. The van der Waals surface area contributed by atoms with Crippen LogP contribution in [0.1, 0.15) is 6.92 Å². The van der Waals surface area contributed by atoms with Crippen LogP contribution in [-0.2, 0) is 0 Å². The maximum absolute atomic E-state index is 8.65. The van der Waals surface area contributed by atoms with Crippen LogP contribution in [0.2, 0.25) is 0 Å². The first-order valence-electron chi connectivity index (χ1n) is 2.32. The van der Waals surface area contributed by atoms with E-state index in [1.807, 2.05) is 0 Å². The number of hydrogen-bond acceptors (Lipinski definition) is 3. The third-order valence-electron chi connectivity index (χ3n) is 0.902. The van der Waals surface area contributed by atoms with Crippen LogP contribution < -0.4 is 0 Å². The summed E-state index contributed by atoms with van der Waals surface area (Å²) in [6.07, 6.45) is -0.138. The highest BCUT2D eigenvalue weighted by Crippen LogP contribution is 1.96. The Kier molecular flexibility index (Phi) is 3.23. The minimum Gasteiger partial charge on any atom is -0.516 e. The molecule has 8 heavy (non-hydrogen) atoms. The highest BCUT2D eigenvalue weighted by molar-refractivity contribution is 4.99. The number of hydrogen-bond donors (Lipinski definition) is 3. The lowest BCUT2D eigenvalue weighted by atomic mass is 10.2. The Balaban J connectivity index is 3.63. The van der Waals surface area contributed by atoms with Gasteiger partial charge in [-0.05, 0) is 12.5 Å². The van der Waals surface area contributed by atoms with Gasteiger partial charge in [-0.2, -0.15) is 0 Å². The lowest BCUT2D eigenvalue weighted by molar-refractivity contribution is 0.120. The van der Waals surface area contributed by atoms with Crippen molar-refractivity contribution in [2.24, 2.45) is 0 Å². The summed E-state index contributed by atoms with van der Waals surface area (Å²) in [5, 5.41) is 25.1. The largest absolute Gasteiger partial charge is 0.516 e. The first kappa shape index (κ1) is 7.46. The Morgan fingerprint density at radius 2 is 2.25 bits per heavy atom. The smallest absolute Gasteiger partial charge is 0.101 e. The minimum atomic E-state index is -0.917. The molecule has 0 aliphatic rings. The van der Waals surface area contributed by atoms with E-state index in [1.165, 1.54) is 6.92 Å². The van der Waals surface area contributed by atoms with Crippen molar-refractivity contribution in [2.45, 2.75) is 13.0 Å². The van der Waals surface area contributed by atoms with Gasteiger partial charge in [-0.3, -0.25) is 0 Å². The summed E-state index contributed by atoms with van der Waals surface area (Å²) >= 11 is 0. The minimum absolute atomic E-state index is 0.344. The highest BCUT2D eigenvalue weighted by atomic mass is 16.3. The molecule has 0 rings (SSSR count). The Morgan fingerprint density at radius 3 is 2.38 bits per heavy atom. The molecular formula is C5H10O3. The first-order chi connectivity index (χ1) is 3.72. The van der Waals surface area contributed by atoms with Crippen LogP contribution in [0.4, 0.5) is 0 Å². The standard InChI is InChI=1S/C5H10O3/c1-4(2-6)5(8)3-7/h2,5-8H,3H2,1H3/b4-2-. The molecule has 0 aromatic rings. The number of rotatable bonds is 2. The van der Waals surface area contributed by atoms with E-state index < -0.39 is 6.10 Å². The van der Waals surface area contributed by atoms with E-state index in [4.69, 9.17) is 15.3 Å². The van der Waals surface area contributed by atoms with Gasteiger partial charge in [0, 0.05) is 0 Å². The molecule has 0 saturated carbocycles. The Labute approximate surface area is 47.9 Å². The maximum atomic E-state index is 8.65. The molecule has 0 aromatic carbocycles. The summed E-state index contributed by atoms with van der Waals surface area (Å²) in [5.41, 5.74) is 0.368. The van der Waals surface area contributed by atoms with Crippen molar-refractivity contribution < 1.29 is 15.3 Å². The van der Waals surface area contributed by atoms with Gasteiger partial charge in [0.2, 0.25) is 0 Å². The summed E-state index contributed by atoms with van der Waals surface area (Å²) in [5.74, 6) is 0. The Bertz CT molecular complexity index is 87.7. The lowest BCUT2D eigenvalue weighted by Gasteiger charge is -2.03. The van der Waals surface area contributed by atoms with Crippen LogP contribution in [0.15, 0.2) is 11.8 Å². The van der Waals surface area contributed by atoms with Gasteiger partial charge >= 0.3 is 0 Å². The van der Waals surface area contributed by atoms with Gasteiger partial charge in [0.25, 0.3) is 0 Å². The average molecular weight is 118 g/mol. The van der Waals surface area contributed by atoms with Crippen molar-refractivity contribution in [2.75, 3.05) is 6.61 Å². The second-order valence-electron chi connectivity index (χ2n) is 1.57. The van der Waals surface area contributed by atoms with Crippen molar-refractivity contribution in [3.8, 4) is 0 Å². The number of aliphatic hydroxyl groups excluding tert-OH is 3. The van der Waals surface area contributed by atoms with Gasteiger partial charge in [0.05, 0.1) is 12.9 Å². The zero-order valence-corrected chi connectivity index (χ0v) is 4.70. The second-order valence-corrected chi connectivity index (χ2v) is 1.57. The molecule has 0 aliphatic heterocycles. The predicted molar refractivity (Wildman–Crippen MR) is 29.5 cm³/mol. The second kappa shape index (κ2) is 3.46. The molecule has 3 N–H and O–H groups in total. The Morgan fingerprint density at radius 1 is 1.75 bits per heavy atom. The van der Waals surface area contributed by atoms with E-state index in [0.29, 0.717) is 5.57 Å². The maximum Gasteiger partial charge on any atom is 0.101 e. The predicted octanol–water partition coefficient (Wildman–Crippen LogP) is -0.199. The van der Waals surface area contributed by atoms with Gasteiger partial charge in [-0.15, -0.1) is 0 Å². The summed E-state index contributed by atoms with van der Waals surface area (Å²) in [6.45, 7) is 1.18. The molecular weight excluding hydrogens is 108 g/mol. The lowest BCUT2D eigenvalue weighted by Crippen LogP contribution is -2.12. The summed E-state index contributed by atoms with van der Waals surface area (Å²) in [4.78, 5) is 0. The van der Waals surface area contributed by atoms with Gasteiger partial charge in [0.1, 0.15) is 6.10 Å². The zero-order valence-electron chi connectivity index (χ0n) is 4.70. The van der Waals surface area contributed by atoms with Crippen LogP contribution in [0.5, 0.6) is 0 Å². The molecule has 0 spiro atoms. The SMILES string of the molecule is C/C(=C/O)C(O)CO. The van der Waals surface area contributed by atoms with E-state index in [1.54, 1.807) is 0 Å². The van der Waals surface area contributed by atoms with Crippen molar-refractivity contribution >= 4 is 0 Å². The van der Waals surface area contributed by atoms with Gasteiger partial charge < -0.3 is 15.3 Å². The highest BCUT2D eigenvalue weighted by Gasteiger charge is 2.01. The molecule has 48 valence electrons. The van der Waals surface area contributed by atoms with Crippen molar-refractivity contribution in [1.29, 1.82) is 0 Å². The number of aliphatic hydroxyl groups is 3. The third-order valence-corrected chi connectivity index (χ3v) is 0.902. The summed E-state index contributed by atoms with van der Waals surface area (Å²) in [6, 6.07) is 0. The molecule has 3 heteroatoms. The van der Waals surface area contributed by atoms with E-state index in [-0.39, 0.29) is 6.61 Å². The molecule has 1 unspecified atom stereocenters. The molecule has 0 fully saturated rings. The van der Waals surface area contributed by atoms with Gasteiger partial charge in [-0.1, -0.05) is 0 Å². The van der Waals surface area contributed by atoms with Crippen LogP contribution in [0, 0.1) is 0 Å². The third kappa shape index (κ3) is 1.95. The monoisotopic (exact) mass is 118 g/mol. The summed E-state index contributed by atoms with van der Waals surface area (Å²) < 4.78 is 0. The van der Waals surface area contributed by atoms with Crippen LogP contribution in [0.3, 0.4) is 0 Å².